The van der Waals surface area contributed by atoms with E-state index in [0.29, 0.717) is 12.1 Å². The van der Waals surface area contributed by atoms with E-state index >= 15 is 0 Å². The van der Waals surface area contributed by atoms with Gasteiger partial charge >= 0.3 is 6.18 Å². The maximum absolute atomic E-state index is 12.0. The van der Waals surface area contributed by atoms with Gasteiger partial charge in [-0.05, 0) is 31.9 Å². The highest BCUT2D eigenvalue weighted by Gasteiger charge is 2.27. The average Bonchev–Trinajstić information content (AvgIpc) is 2.44. The second-order valence-corrected chi connectivity index (χ2v) is 5.42. The van der Waals surface area contributed by atoms with E-state index in [1.807, 2.05) is 32.9 Å². The van der Waals surface area contributed by atoms with Crippen molar-refractivity contribution in [2.75, 3.05) is 13.2 Å². The van der Waals surface area contributed by atoms with Gasteiger partial charge in [0.25, 0.3) is 0 Å². The molecular weight excluding hydrogens is 434 g/mol. The molecule has 0 spiro atoms. The Bertz CT molecular complexity index is 490. The molecule has 1 aromatic rings. The predicted octanol–water partition coefficient (Wildman–Crippen LogP) is 3.85. The smallest absolute Gasteiger partial charge is 0.367 e. The molecule has 1 rings (SSSR count). The summed E-state index contributed by atoms with van der Waals surface area (Å²) in [7, 11) is 0. The van der Waals surface area contributed by atoms with Crippen LogP contribution in [0, 0.1) is 0 Å². The molecule has 1 aromatic carbocycles. The molecule has 0 amide bonds. The Morgan fingerprint density at radius 3 is 2.25 bits per heavy atom. The molecule has 0 aromatic heterocycles. The van der Waals surface area contributed by atoms with E-state index in [9.17, 15) is 13.2 Å². The van der Waals surface area contributed by atoms with Crippen LogP contribution in [0.2, 0.25) is 0 Å². The van der Waals surface area contributed by atoms with Crippen LogP contribution in [0.4, 0.5) is 13.2 Å². The summed E-state index contributed by atoms with van der Waals surface area (Å²) in [5, 5.41) is 6.37. The van der Waals surface area contributed by atoms with Crippen molar-refractivity contribution in [1.29, 1.82) is 0 Å². The molecule has 4 nitrogen and oxygen atoms in total. The van der Waals surface area contributed by atoms with Gasteiger partial charge in [0.1, 0.15) is 6.61 Å². The summed E-state index contributed by atoms with van der Waals surface area (Å²) >= 11 is 0. The first-order valence-electron chi connectivity index (χ1n) is 7.57. The molecule has 0 radical (unpaired) electrons. The fourth-order valence-electron chi connectivity index (χ4n) is 1.79. The molecule has 0 unspecified atom stereocenters. The number of aliphatic imine (C=N–C) groups is 1. The van der Waals surface area contributed by atoms with E-state index in [-0.39, 0.29) is 36.6 Å². The van der Waals surface area contributed by atoms with Crippen molar-refractivity contribution in [3.8, 4) is 0 Å². The van der Waals surface area contributed by atoms with Crippen molar-refractivity contribution in [2.24, 2.45) is 4.99 Å². The van der Waals surface area contributed by atoms with E-state index in [1.54, 1.807) is 12.1 Å². The van der Waals surface area contributed by atoms with Crippen LogP contribution in [-0.2, 0) is 17.9 Å². The summed E-state index contributed by atoms with van der Waals surface area (Å²) in [6.45, 7) is 6.03. The third-order valence-corrected chi connectivity index (χ3v) is 2.75. The van der Waals surface area contributed by atoms with Gasteiger partial charge in [-0.25, -0.2) is 4.99 Å². The highest BCUT2D eigenvalue weighted by atomic mass is 127. The zero-order valence-electron chi connectivity index (χ0n) is 14.1. The fourth-order valence-corrected chi connectivity index (χ4v) is 1.79. The van der Waals surface area contributed by atoms with Crippen molar-refractivity contribution >= 4 is 29.9 Å². The lowest BCUT2D eigenvalue weighted by Crippen LogP contribution is -2.40. The van der Waals surface area contributed by atoms with Gasteiger partial charge in [0, 0.05) is 12.6 Å². The van der Waals surface area contributed by atoms with Crippen LogP contribution in [-0.4, -0.2) is 31.3 Å². The summed E-state index contributed by atoms with van der Waals surface area (Å²) in [6, 6.07) is 7.47. The van der Waals surface area contributed by atoms with Crippen molar-refractivity contribution < 1.29 is 17.9 Å². The zero-order chi connectivity index (χ0) is 17.3. The summed E-state index contributed by atoms with van der Waals surface area (Å²) in [4.78, 5) is 4.46. The molecule has 0 heterocycles. The molecule has 0 fully saturated rings. The number of benzene rings is 1. The first-order chi connectivity index (χ1) is 10.8. The molecule has 138 valence electrons. The van der Waals surface area contributed by atoms with Gasteiger partial charge in [-0.1, -0.05) is 24.3 Å². The predicted molar refractivity (Wildman–Crippen MR) is 101 cm³/mol. The number of nitrogens with zero attached hydrogens (tertiary/aromatic N) is 1. The van der Waals surface area contributed by atoms with E-state index in [2.05, 4.69) is 20.4 Å². The molecule has 0 atom stereocenters. The molecule has 0 aliphatic rings. The Morgan fingerprint density at radius 2 is 1.75 bits per heavy atom. The quantitative estimate of drug-likeness (QED) is 0.370. The van der Waals surface area contributed by atoms with Gasteiger partial charge in [-0.3, -0.25) is 0 Å². The normalized spacial score (nSPS) is 12.0. The molecule has 24 heavy (non-hydrogen) atoms. The van der Waals surface area contributed by atoms with Crippen LogP contribution in [0.5, 0.6) is 0 Å². The van der Waals surface area contributed by atoms with Gasteiger partial charge in [-0.15, -0.1) is 24.0 Å². The largest absolute Gasteiger partial charge is 0.411 e. The Balaban J connectivity index is 0.00000529. The van der Waals surface area contributed by atoms with Crippen LogP contribution in [0.25, 0.3) is 0 Å². The average molecular weight is 459 g/mol. The van der Waals surface area contributed by atoms with Crippen molar-refractivity contribution in [2.45, 2.75) is 46.1 Å². The zero-order valence-corrected chi connectivity index (χ0v) is 16.4. The number of ether oxygens (including phenoxy) is 1. The summed E-state index contributed by atoms with van der Waals surface area (Å²) in [5.41, 5.74) is 1.68. The van der Waals surface area contributed by atoms with Crippen LogP contribution < -0.4 is 10.6 Å². The Hall–Kier alpha value is -1.03. The Morgan fingerprint density at radius 1 is 1.17 bits per heavy atom. The van der Waals surface area contributed by atoms with Crippen molar-refractivity contribution in [3.63, 3.8) is 0 Å². The molecule has 0 aliphatic carbocycles. The fraction of sp³-hybridized carbons (Fsp3) is 0.562. The molecule has 0 saturated heterocycles. The molecule has 0 aliphatic heterocycles. The third-order valence-electron chi connectivity index (χ3n) is 2.75. The van der Waals surface area contributed by atoms with Gasteiger partial charge in [0.15, 0.2) is 5.96 Å². The third kappa shape index (κ3) is 10.7. The maximum Gasteiger partial charge on any atom is 0.411 e. The van der Waals surface area contributed by atoms with Crippen LogP contribution >= 0.6 is 24.0 Å². The highest BCUT2D eigenvalue weighted by Crippen LogP contribution is 2.16. The number of nitrogens with one attached hydrogen (secondary N) is 2. The second kappa shape index (κ2) is 11.5. The lowest BCUT2D eigenvalue weighted by atomic mass is 10.1. The van der Waals surface area contributed by atoms with Crippen LogP contribution in [0.3, 0.4) is 0 Å². The molecule has 2 N–H and O–H groups in total. The summed E-state index contributed by atoms with van der Waals surface area (Å²) in [5.74, 6) is 0.736. The monoisotopic (exact) mass is 459 g/mol. The van der Waals surface area contributed by atoms with E-state index in [1.165, 1.54) is 0 Å². The first kappa shape index (κ1) is 23.0. The summed E-state index contributed by atoms with van der Waals surface area (Å²) < 4.78 is 40.6. The Labute approximate surface area is 158 Å². The van der Waals surface area contributed by atoms with E-state index in [4.69, 9.17) is 0 Å². The second-order valence-electron chi connectivity index (χ2n) is 5.42. The van der Waals surface area contributed by atoms with Gasteiger partial charge in [0.05, 0.1) is 13.2 Å². The first-order valence-corrected chi connectivity index (χ1v) is 7.57. The van der Waals surface area contributed by atoms with Gasteiger partial charge in [0.2, 0.25) is 0 Å². The molecule has 8 heteroatoms. The summed E-state index contributed by atoms with van der Waals surface area (Å²) in [6.07, 6.45) is -4.29. The Kier molecular flexibility index (Phi) is 11.0. The van der Waals surface area contributed by atoms with E-state index < -0.39 is 12.8 Å². The molecular formula is C16H25F3IN3O. The number of hydrogen-bond donors (Lipinski definition) is 2. The van der Waals surface area contributed by atoms with Crippen molar-refractivity contribution in [3.05, 3.63) is 35.4 Å². The highest BCUT2D eigenvalue weighted by molar-refractivity contribution is 14.0. The minimum atomic E-state index is -4.29. The number of hydrogen-bond acceptors (Lipinski definition) is 2. The van der Waals surface area contributed by atoms with E-state index in [0.717, 1.165) is 18.1 Å². The standard InChI is InChI=1S/C16H24F3N3O.HI/c1-4-20-15(22-12(2)3)21-9-13-5-7-14(8-6-13)10-23-11-16(17,18)19;/h5-8,12H,4,9-11H2,1-3H3,(H2,20,21,22);1H. The van der Waals surface area contributed by atoms with Crippen LogP contribution in [0.1, 0.15) is 31.9 Å². The van der Waals surface area contributed by atoms with Gasteiger partial charge < -0.3 is 15.4 Å². The number of halogens is 4. The molecule has 0 saturated carbocycles. The van der Waals surface area contributed by atoms with Crippen molar-refractivity contribution in [1.82, 2.24) is 10.6 Å². The lowest BCUT2D eigenvalue weighted by molar-refractivity contribution is -0.176. The molecule has 0 bridgehead atoms. The topological polar surface area (TPSA) is 45.7 Å². The lowest BCUT2D eigenvalue weighted by Gasteiger charge is -2.14. The number of alkyl halides is 3. The number of guanidine groups is 1. The SMILES string of the molecule is CCNC(=NCc1ccc(COCC(F)(F)F)cc1)NC(C)C.I. The van der Waals surface area contributed by atoms with Gasteiger partial charge in [-0.2, -0.15) is 13.2 Å². The minimum absolute atomic E-state index is 0. The van der Waals surface area contributed by atoms with Crippen LogP contribution in [0.15, 0.2) is 29.3 Å². The maximum atomic E-state index is 12.0. The minimum Gasteiger partial charge on any atom is -0.367 e. The number of rotatable bonds is 7.